The van der Waals surface area contributed by atoms with Gasteiger partial charge in [0, 0.05) is 13.1 Å². The van der Waals surface area contributed by atoms with E-state index >= 15 is 0 Å². The Morgan fingerprint density at radius 3 is 2.80 bits per heavy atom. The fourth-order valence-corrected chi connectivity index (χ4v) is 1.89. The fourth-order valence-electron chi connectivity index (χ4n) is 1.89. The van der Waals surface area contributed by atoms with Gasteiger partial charge in [-0.05, 0) is 20.8 Å². The Balaban J connectivity index is 2.01. The molecule has 1 N–H and O–H groups in total. The van der Waals surface area contributed by atoms with Gasteiger partial charge in [0.1, 0.15) is 11.8 Å². The summed E-state index contributed by atoms with van der Waals surface area (Å²) in [5.41, 5.74) is -0.443. The first-order chi connectivity index (χ1) is 6.97. The second kappa shape index (κ2) is 3.64. The van der Waals surface area contributed by atoms with Gasteiger partial charge in [-0.2, -0.15) is 0 Å². The third-order valence-electron chi connectivity index (χ3n) is 2.49. The number of nitrogens with zero attached hydrogens (tertiary/aromatic N) is 1. The average Bonchev–Trinajstić information content (AvgIpc) is 2.34. The van der Waals surface area contributed by atoms with Crippen molar-refractivity contribution in [1.82, 2.24) is 10.2 Å². The molecule has 2 bridgehead atoms. The van der Waals surface area contributed by atoms with E-state index in [0.29, 0.717) is 13.2 Å². The molecule has 0 aromatic rings. The zero-order valence-corrected chi connectivity index (χ0v) is 9.45. The van der Waals surface area contributed by atoms with Gasteiger partial charge in [0.25, 0.3) is 0 Å². The van der Waals surface area contributed by atoms with Crippen molar-refractivity contribution < 1.29 is 14.3 Å². The molecule has 0 spiro atoms. The highest BCUT2D eigenvalue weighted by atomic mass is 16.6. The maximum absolute atomic E-state index is 11.9. The number of rotatable bonds is 0. The van der Waals surface area contributed by atoms with Gasteiger partial charge in [-0.1, -0.05) is 0 Å². The second-order valence-electron chi connectivity index (χ2n) is 4.99. The summed E-state index contributed by atoms with van der Waals surface area (Å²) in [6.45, 7) is 7.70. The van der Waals surface area contributed by atoms with Gasteiger partial charge in [0.2, 0.25) is 0 Å². The summed E-state index contributed by atoms with van der Waals surface area (Å²) in [4.78, 5) is 13.6. The summed E-state index contributed by atoms with van der Waals surface area (Å²) < 4.78 is 10.8. The van der Waals surface area contributed by atoms with Crippen molar-refractivity contribution >= 4 is 6.09 Å². The lowest BCUT2D eigenvalue weighted by Crippen LogP contribution is -2.55. The third-order valence-corrected chi connectivity index (χ3v) is 2.49. The van der Waals surface area contributed by atoms with E-state index in [0.717, 1.165) is 6.54 Å². The summed E-state index contributed by atoms with van der Waals surface area (Å²) in [5.74, 6) is 0. The van der Waals surface area contributed by atoms with Gasteiger partial charge in [-0.15, -0.1) is 0 Å². The molecule has 86 valence electrons. The van der Waals surface area contributed by atoms with Crippen LogP contribution < -0.4 is 5.32 Å². The van der Waals surface area contributed by atoms with Crippen molar-refractivity contribution in [2.45, 2.75) is 38.6 Å². The van der Waals surface area contributed by atoms with Crippen molar-refractivity contribution in [3.8, 4) is 0 Å². The van der Waals surface area contributed by atoms with E-state index in [1.165, 1.54) is 0 Å². The van der Waals surface area contributed by atoms with Crippen LogP contribution in [0.3, 0.4) is 0 Å². The second-order valence-corrected chi connectivity index (χ2v) is 4.99. The van der Waals surface area contributed by atoms with Crippen molar-refractivity contribution in [3.05, 3.63) is 0 Å². The fraction of sp³-hybridized carbons (Fsp3) is 0.900. The Morgan fingerprint density at radius 2 is 2.20 bits per heavy atom. The molecule has 15 heavy (non-hydrogen) atoms. The number of hydrogen-bond acceptors (Lipinski definition) is 4. The molecule has 2 aliphatic heterocycles. The molecule has 2 aliphatic rings. The highest BCUT2D eigenvalue weighted by molar-refractivity contribution is 5.69. The van der Waals surface area contributed by atoms with E-state index in [-0.39, 0.29) is 18.4 Å². The van der Waals surface area contributed by atoms with E-state index in [1.54, 1.807) is 4.90 Å². The van der Waals surface area contributed by atoms with Crippen LogP contribution in [0.4, 0.5) is 4.79 Å². The Kier molecular flexibility index (Phi) is 2.60. The zero-order valence-electron chi connectivity index (χ0n) is 9.45. The van der Waals surface area contributed by atoms with Crippen molar-refractivity contribution in [2.24, 2.45) is 0 Å². The maximum atomic E-state index is 11.9. The van der Waals surface area contributed by atoms with E-state index in [2.05, 4.69) is 5.32 Å². The summed E-state index contributed by atoms with van der Waals surface area (Å²) in [6.07, 6.45) is -0.421. The normalized spacial score (nSPS) is 30.5. The number of amides is 1. The summed E-state index contributed by atoms with van der Waals surface area (Å²) in [7, 11) is 0. The molecule has 0 radical (unpaired) electrons. The number of piperazine rings is 1. The molecule has 0 aromatic carbocycles. The highest BCUT2D eigenvalue weighted by Gasteiger charge is 2.42. The third kappa shape index (κ3) is 2.23. The molecular weight excluding hydrogens is 196 g/mol. The maximum Gasteiger partial charge on any atom is 0.412 e. The molecule has 5 heteroatoms. The minimum atomic E-state index is -0.443. The standard InChI is InChI=1S/C10H18N2O3/c1-10(2,3)15-9(13)12-7-4-11-5-8(12)14-6-7/h7-8,11H,4-6H2,1-3H3/t7-,8-/m1/s1. The molecule has 0 unspecified atom stereocenters. The number of carbonyl (C=O) groups excluding carboxylic acids is 1. The van der Waals surface area contributed by atoms with Crippen molar-refractivity contribution in [3.63, 3.8) is 0 Å². The molecule has 0 saturated carbocycles. The lowest BCUT2D eigenvalue weighted by Gasteiger charge is -2.34. The molecule has 2 saturated heterocycles. The van der Waals surface area contributed by atoms with Crippen LogP contribution in [0.1, 0.15) is 20.8 Å². The number of carbonyl (C=O) groups is 1. The van der Waals surface area contributed by atoms with Crippen LogP contribution in [0.15, 0.2) is 0 Å². The van der Waals surface area contributed by atoms with E-state index in [4.69, 9.17) is 9.47 Å². The lowest BCUT2D eigenvalue weighted by atomic mass is 10.2. The summed E-state index contributed by atoms with van der Waals surface area (Å²) in [5, 5.41) is 3.22. The molecule has 5 nitrogen and oxygen atoms in total. The van der Waals surface area contributed by atoms with Gasteiger partial charge in [0.15, 0.2) is 0 Å². The quantitative estimate of drug-likeness (QED) is 0.640. The SMILES string of the molecule is CC(C)(C)OC(=O)N1[C@@H]2CNC[C@H]1OC2. The Bertz CT molecular complexity index is 246. The lowest BCUT2D eigenvalue weighted by molar-refractivity contribution is -0.0187. The van der Waals surface area contributed by atoms with Crippen LogP contribution in [-0.2, 0) is 9.47 Å². The first kappa shape index (κ1) is 10.7. The van der Waals surface area contributed by atoms with Crippen LogP contribution in [0.25, 0.3) is 0 Å². The minimum absolute atomic E-state index is 0.124. The monoisotopic (exact) mass is 214 g/mol. The van der Waals surface area contributed by atoms with Gasteiger partial charge < -0.3 is 14.8 Å². The number of hydrogen-bond donors (Lipinski definition) is 1. The molecule has 2 fully saturated rings. The molecule has 2 heterocycles. The number of ether oxygens (including phenoxy) is 2. The van der Waals surface area contributed by atoms with Crippen LogP contribution in [0.5, 0.6) is 0 Å². The summed E-state index contributed by atoms with van der Waals surface area (Å²) in [6, 6.07) is 0.124. The molecular formula is C10H18N2O3. The van der Waals surface area contributed by atoms with E-state index < -0.39 is 5.60 Å². The minimum Gasteiger partial charge on any atom is -0.444 e. The van der Waals surface area contributed by atoms with Gasteiger partial charge in [-0.3, -0.25) is 4.90 Å². The predicted octanol–water partition coefficient (Wildman–Crippen LogP) is 0.552. The first-order valence-electron chi connectivity index (χ1n) is 5.31. The first-order valence-corrected chi connectivity index (χ1v) is 5.31. The Morgan fingerprint density at radius 1 is 1.47 bits per heavy atom. The number of nitrogens with one attached hydrogen (secondary N) is 1. The highest BCUT2D eigenvalue weighted by Crippen LogP contribution is 2.22. The van der Waals surface area contributed by atoms with Gasteiger partial charge in [-0.25, -0.2) is 4.79 Å². The van der Waals surface area contributed by atoms with Gasteiger partial charge >= 0.3 is 6.09 Å². The molecule has 0 aromatic heterocycles. The Labute approximate surface area is 89.7 Å². The van der Waals surface area contributed by atoms with E-state index in [9.17, 15) is 4.79 Å². The molecule has 0 aliphatic carbocycles. The largest absolute Gasteiger partial charge is 0.444 e. The molecule has 2 atom stereocenters. The Hall–Kier alpha value is -0.810. The van der Waals surface area contributed by atoms with Crippen LogP contribution in [0, 0.1) is 0 Å². The smallest absolute Gasteiger partial charge is 0.412 e. The van der Waals surface area contributed by atoms with E-state index in [1.807, 2.05) is 20.8 Å². The van der Waals surface area contributed by atoms with Crippen molar-refractivity contribution in [2.75, 3.05) is 19.7 Å². The van der Waals surface area contributed by atoms with Gasteiger partial charge in [0.05, 0.1) is 12.6 Å². The predicted molar refractivity (Wildman–Crippen MR) is 54.5 cm³/mol. The van der Waals surface area contributed by atoms with Crippen LogP contribution >= 0.6 is 0 Å². The molecule has 2 rings (SSSR count). The van der Waals surface area contributed by atoms with Crippen LogP contribution in [-0.4, -0.2) is 48.6 Å². The number of fused-ring (bicyclic) bond motifs is 2. The van der Waals surface area contributed by atoms with Crippen molar-refractivity contribution in [1.29, 1.82) is 0 Å². The average molecular weight is 214 g/mol. The summed E-state index contributed by atoms with van der Waals surface area (Å²) >= 11 is 0. The zero-order chi connectivity index (χ0) is 11.1. The molecule has 1 amide bonds. The topological polar surface area (TPSA) is 50.8 Å². The van der Waals surface area contributed by atoms with Crippen LogP contribution in [0.2, 0.25) is 0 Å².